The van der Waals surface area contributed by atoms with Crippen LogP contribution in [-0.2, 0) is 11.0 Å². The van der Waals surface area contributed by atoms with Crippen LogP contribution >= 0.6 is 0 Å². The molecule has 2 N–H and O–H groups in total. The van der Waals surface area contributed by atoms with E-state index in [0.717, 1.165) is 12.1 Å². The number of aryl methyl sites for hydroxylation is 1. The highest BCUT2D eigenvalue weighted by Crippen LogP contribution is 2.29. The van der Waals surface area contributed by atoms with E-state index in [9.17, 15) is 22.8 Å². The summed E-state index contributed by atoms with van der Waals surface area (Å²) in [5.41, 5.74) is 0.832. The van der Waals surface area contributed by atoms with E-state index in [4.69, 9.17) is 0 Å². The number of carbonyl (C=O) groups is 1. The van der Waals surface area contributed by atoms with Crippen molar-refractivity contribution < 1.29 is 18.0 Å². The van der Waals surface area contributed by atoms with Crippen LogP contribution in [0.4, 0.5) is 18.9 Å². The van der Waals surface area contributed by atoms with Gasteiger partial charge in [0.25, 0.3) is 5.56 Å². The molecule has 0 saturated heterocycles. The smallest absolute Gasteiger partial charge is 0.320 e. The summed E-state index contributed by atoms with van der Waals surface area (Å²) < 4.78 is 39.0. The molecule has 1 aromatic carbocycles. The van der Waals surface area contributed by atoms with Crippen LogP contribution in [0.5, 0.6) is 0 Å². The second-order valence-electron chi connectivity index (χ2n) is 6.34. The van der Waals surface area contributed by atoms with Gasteiger partial charge in [0.15, 0.2) is 5.82 Å². The minimum Gasteiger partial charge on any atom is -0.320 e. The molecule has 3 aromatic rings. The second-order valence-corrected chi connectivity index (χ2v) is 6.34. The quantitative estimate of drug-likeness (QED) is 0.692. The van der Waals surface area contributed by atoms with Crippen LogP contribution in [0, 0.1) is 6.92 Å². The molecule has 3 rings (SSSR count). The maximum Gasteiger partial charge on any atom is 0.416 e. The summed E-state index contributed by atoms with van der Waals surface area (Å²) in [7, 11) is 0. The number of H-pyrrole nitrogens is 1. The van der Waals surface area contributed by atoms with Crippen molar-refractivity contribution in [2.45, 2.75) is 20.0 Å². The molecule has 0 aliphatic heterocycles. The van der Waals surface area contributed by atoms with Crippen molar-refractivity contribution in [2.24, 2.45) is 0 Å². The van der Waals surface area contributed by atoms with Gasteiger partial charge in [-0.15, -0.1) is 0 Å². The first kappa shape index (κ1) is 20.1. The molecule has 2 heterocycles. The zero-order valence-corrected chi connectivity index (χ0v) is 15.5. The van der Waals surface area contributed by atoms with Gasteiger partial charge in [0.1, 0.15) is 5.69 Å². The van der Waals surface area contributed by atoms with Crippen molar-refractivity contribution in [2.75, 3.05) is 5.32 Å². The van der Waals surface area contributed by atoms with E-state index in [-0.39, 0.29) is 11.6 Å². The highest BCUT2D eigenvalue weighted by Gasteiger charge is 2.29. The molecule has 0 saturated carbocycles. The summed E-state index contributed by atoms with van der Waals surface area (Å²) in [6.07, 6.45) is 0.522. The summed E-state index contributed by atoms with van der Waals surface area (Å²) in [5.74, 6) is -0.0190. The van der Waals surface area contributed by atoms with E-state index in [1.54, 1.807) is 31.2 Å². The van der Waals surface area contributed by atoms with Gasteiger partial charge in [0.2, 0.25) is 5.91 Å². The predicted molar refractivity (Wildman–Crippen MR) is 104 cm³/mol. The second kappa shape index (κ2) is 7.78. The van der Waals surface area contributed by atoms with Gasteiger partial charge in [-0.1, -0.05) is 24.3 Å². The number of carbonyl (C=O) groups excluding carboxylic acids is 1. The van der Waals surface area contributed by atoms with E-state index in [0.29, 0.717) is 22.6 Å². The molecule has 0 fully saturated rings. The van der Waals surface area contributed by atoms with Crippen LogP contribution in [-0.4, -0.2) is 20.7 Å². The van der Waals surface area contributed by atoms with Crippen LogP contribution in [0.3, 0.4) is 0 Å². The first-order chi connectivity index (χ1) is 13.6. The van der Waals surface area contributed by atoms with E-state index < -0.39 is 17.3 Å². The average Bonchev–Trinajstić information content (AvgIpc) is 2.94. The predicted octanol–water partition coefficient (Wildman–Crippen LogP) is 4.02. The molecule has 0 aliphatic carbocycles. The number of amides is 1. The molecule has 1 amide bonds. The number of halogens is 3. The van der Waals surface area contributed by atoms with Crippen molar-refractivity contribution in [1.82, 2.24) is 14.8 Å². The molecule has 0 atom stereocenters. The minimum atomic E-state index is -4.37. The normalized spacial score (nSPS) is 11.8. The molecule has 150 valence electrons. The zero-order chi connectivity index (χ0) is 21.2. The summed E-state index contributed by atoms with van der Waals surface area (Å²) in [5, 5.41) is 5.33. The molecule has 0 bridgehead atoms. The van der Waals surface area contributed by atoms with Crippen molar-refractivity contribution in [3.05, 3.63) is 75.3 Å². The summed E-state index contributed by atoms with van der Waals surface area (Å²) in [4.78, 5) is 27.8. The average molecular weight is 402 g/mol. The Bertz CT molecular complexity index is 1110. The first-order valence-corrected chi connectivity index (χ1v) is 8.56. The Hall–Kier alpha value is -3.62. The van der Waals surface area contributed by atoms with Crippen molar-refractivity contribution in [3.63, 3.8) is 0 Å². The number of nitrogens with one attached hydrogen (secondary N) is 2. The number of rotatable bonds is 4. The fourth-order valence-electron chi connectivity index (χ4n) is 2.64. The molecule has 29 heavy (non-hydrogen) atoms. The van der Waals surface area contributed by atoms with Crippen LogP contribution in [0.2, 0.25) is 0 Å². The molecule has 9 heteroatoms. The molecule has 0 aliphatic rings. The molecule has 0 unspecified atom stereocenters. The van der Waals surface area contributed by atoms with E-state index in [1.165, 1.54) is 29.9 Å². The third-order valence-electron chi connectivity index (χ3n) is 4.08. The number of hydrogen-bond donors (Lipinski definition) is 2. The molecule has 0 spiro atoms. The third kappa shape index (κ3) is 4.63. The maximum absolute atomic E-state index is 12.6. The van der Waals surface area contributed by atoms with Crippen molar-refractivity contribution in [1.29, 1.82) is 0 Å². The largest absolute Gasteiger partial charge is 0.416 e. The van der Waals surface area contributed by atoms with Crippen molar-refractivity contribution in [3.8, 4) is 5.82 Å². The zero-order valence-electron chi connectivity index (χ0n) is 15.5. The first-order valence-electron chi connectivity index (χ1n) is 8.56. The van der Waals surface area contributed by atoms with Gasteiger partial charge < -0.3 is 5.32 Å². The number of nitrogens with zero attached hydrogens (tertiary/aromatic N) is 2. The molecule has 2 aromatic heterocycles. The monoisotopic (exact) mass is 402 g/mol. The van der Waals surface area contributed by atoms with Crippen molar-refractivity contribution >= 4 is 23.7 Å². The Kier molecular flexibility index (Phi) is 5.40. The van der Waals surface area contributed by atoms with Gasteiger partial charge in [0, 0.05) is 13.1 Å². The Morgan fingerprint density at radius 3 is 2.28 bits per heavy atom. The summed E-state index contributed by atoms with van der Waals surface area (Å²) in [6, 6.07) is 8.13. The van der Waals surface area contributed by atoms with Gasteiger partial charge in [-0.25, -0.2) is 4.98 Å². The number of anilines is 1. The standard InChI is InChI=1S/C20H17F3N4O2/c1-12-18(25-13(2)28)19(29)27(26-12)17-10-7-15(11-24-17)4-3-14-5-8-16(9-6-14)20(21,22)23/h3-11,26H,1-2H3,(H,25,28). The molecule has 6 nitrogen and oxygen atoms in total. The van der Waals surface area contributed by atoms with Gasteiger partial charge >= 0.3 is 6.18 Å². The number of aromatic nitrogens is 3. The third-order valence-corrected chi connectivity index (χ3v) is 4.08. The highest BCUT2D eigenvalue weighted by atomic mass is 19.4. The topological polar surface area (TPSA) is 79.8 Å². The molecular weight excluding hydrogens is 385 g/mol. The summed E-state index contributed by atoms with van der Waals surface area (Å²) in [6.45, 7) is 2.97. The lowest BCUT2D eigenvalue weighted by atomic mass is 10.1. The van der Waals surface area contributed by atoms with E-state index >= 15 is 0 Å². The lowest BCUT2D eigenvalue weighted by molar-refractivity contribution is -0.137. The number of pyridine rings is 1. The molecule has 0 radical (unpaired) electrons. The number of alkyl halides is 3. The lowest BCUT2D eigenvalue weighted by Gasteiger charge is -2.06. The van der Waals surface area contributed by atoms with Gasteiger partial charge in [0.05, 0.1) is 11.3 Å². The Morgan fingerprint density at radius 1 is 1.10 bits per heavy atom. The van der Waals surface area contributed by atoms with Gasteiger partial charge in [-0.05, 0) is 42.3 Å². The van der Waals surface area contributed by atoms with Gasteiger partial charge in [-0.3, -0.25) is 14.7 Å². The number of hydrogen-bond acceptors (Lipinski definition) is 3. The van der Waals surface area contributed by atoms with Crippen LogP contribution < -0.4 is 10.9 Å². The Labute approximate surface area is 163 Å². The number of benzene rings is 1. The fraction of sp³-hybridized carbons (Fsp3) is 0.150. The van der Waals surface area contributed by atoms with Crippen LogP contribution in [0.1, 0.15) is 29.3 Å². The van der Waals surface area contributed by atoms with E-state index in [2.05, 4.69) is 15.4 Å². The highest BCUT2D eigenvalue weighted by molar-refractivity contribution is 5.89. The Balaban J connectivity index is 1.78. The maximum atomic E-state index is 12.6. The fourth-order valence-corrected chi connectivity index (χ4v) is 2.64. The Morgan fingerprint density at radius 2 is 1.72 bits per heavy atom. The SMILES string of the molecule is CC(=O)Nc1c(C)[nH]n(-c2ccc(C=Cc3ccc(C(F)(F)F)cc3)cn2)c1=O. The van der Waals surface area contributed by atoms with E-state index in [1.807, 2.05) is 0 Å². The number of aromatic amines is 1. The minimum absolute atomic E-state index is 0.158. The lowest BCUT2D eigenvalue weighted by Crippen LogP contribution is -2.20. The van der Waals surface area contributed by atoms with Gasteiger partial charge in [-0.2, -0.15) is 17.9 Å². The molecular formula is C20H17F3N4O2. The van der Waals surface area contributed by atoms with Crippen LogP contribution in [0.25, 0.3) is 18.0 Å². The van der Waals surface area contributed by atoms with Crippen LogP contribution in [0.15, 0.2) is 47.4 Å². The summed E-state index contributed by atoms with van der Waals surface area (Å²) >= 11 is 0.